The van der Waals surface area contributed by atoms with Crippen molar-refractivity contribution in [3.05, 3.63) is 45.4 Å². The van der Waals surface area contributed by atoms with Crippen molar-refractivity contribution >= 4 is 63.6 Å². The number of aromatic nitrogens is 2. The fourth-order valence-corrected chi connectivity index (χ4v) is 3.91. The summed E-state index contributed by atoms with van der Waals surface area (Å²) < 4.78 is 1.14. The number of para-hydroxylation sites is 1. The van der Waals surface area contributed by atoms with Crippen LogP contribution in [0.2, 0.25) is 0 Å². The van der Waals surface area contributed by atoms with E-state index in [9.17, 15) is 4.79 Å². The summed E-state index contributed by atoms with van der Waals surface area (Å²) >= 11 is 3.09. The first kappa shape index (κ1) is 20.8. The number of hydrogen-bond donors (Lipinski definition) is 1. The van der Waals surface area contributed by atoms with Gasteiger partial charge in [-0.05, 0) is 18.7 Å². The van der Waals surface area contributed by atoms with E-state index in [-0.39, 0.29) is 30.7 Å². The Kier molecular flexibility index (Phi) is 8.05. The van der Waals surface area contributed by atoms with Crippen LogP contribution in [0.4, 0.5) is 0 Å². The minimum Gasteiger partial charge on any atom is -0.334 e. The molecule has 2 aromatic heterocycles. The van der Waals surface area contributed by atoms with Gasteiger partial charge in [0.15, 0.2) is 0 Å². The minimum atomic E-state index is -0.0845. The van der Waals surface area contributed by atoms with Crippen LogP contribution in [0.25, 0.3) is 10.2 Å². The molecule has 0 spiro atoms. The van der Waals surface area contributed by atoms with Gasteiger partial charge in [0.1, 0.15) is 10.7 Å². The maximum atomic E-state index is 12.4. The van der Waals surface area contributed by atoms with Gasteiger partial charge < -0.3 is 10.6 Å². The first-order valence-corrected chi connectivity index (χ1v) is 8.61. The van der Waals surface area contributed by atoms with E-state index in [1.807, 2.05) is 24.3 Å². The number of thiazole rings is 2. The second kappa shape index (κ2) is 9.29. The highest BCUT2D eigenvalue weighted by Gasteiger charge is 2.17. The van der Waals surface area contributed by atoms with Crippen LogP contribution < -0.4 is 5.73 Å². The molecule has 0 saturated carbocycles. The molecule has 5 nitrogen and oxygen atoms in total. The lowest BCUT2D eigenvalue weighted by Gasteiger charge is -2.13. The zero-order valence-electron chi connectivity index (χ0n) is 13.0. The molecule has 0 aliphatic heterocycles. The summed E-state index contributed by atoms with van der Waals surface area (Å²) in [4.78, 5) is 22.9. The summed E-state index contributed by atoms with van der Waals surface area (Å²) in [5.41, 5.74) is 6.97. The van der Waals surface area contributed by atoms with E-state index >= 15 is 0 Å². The third kappa shape index (κ3) is 4.64. The van der Waals surface area contributed by atoms with E-state index in [0.717, 1.165) is 20.2 Å². The van der Waals surface area contributed by atoms with Crippen molar-refractivity contribution in [3.63, 3.8) is 0 Å². The summed E-state index contributed by atoms with van der Waals surface area (Å²) in [6.07, 6.45) is 0.708. The largest absolute Gasteiger partial charge is 0.334 e. The number of halogens is 2. The Labute approximate surface area is 160 Å². The van der Waals surface area contributed by atoms with Crippen LogP contribution >= 0.6 is 47.5 Å². The molecule has 3 rings (SSSR count). The molecule has 0 aliphatic rings. The number of hydrogen-bond acceptors (Lipinski definition) is 6. The van der Waals surface area contributed by atoms with Crippen molar-refractivity contribution in [2.24, 2.45) is 5.73 Å². The van der Waals surface area contributed by atoms with E-state index in [4.69, 9.17) is 5.73 Å². The number of nitrogens with zero attached hydrogens (tertiary/aromatic N) is 3. The molecule has 1 amide bonds. The molecule has 2 heterocycles. The molecule has 2 N–H and O–H groups in total. The molecule has 0 bridgehead atoms. The standard InChI is InChI=1S/C15H16N4OS2.2ClH/c1-19(15(20)11-9-21-13(18-11)6-7-16)8-14-17-10-4-2-3-5-12(10)22-14;;/h2-5,9H,6-8,16H2,1H3;2*1H. The normalized spacial score (nSPS) is 10.1. The Morgan fingerprint density at radius 3 is 2.67 bits per heavy atom. The fraction of sp³-hybridized carbons (Fsp3) is 0.267. The van der Waals surface area contributed by atoms with Crippen LogP contribution in [0.5, 0.6) is 0 Å². The van der Waals surface area contributed by atoms with Gasteiger partial charge in [-0.15, -0.1) is 47.5 Å². The van der Waals surface area contributed by atoms with Gasteiger partial charge in [-0.3, -0.25) is 4.79 Å². The van der Waals surface area contributed by atoms with E-state index in [1.165, 1.54) is 11.3 Å². The molecule has 130 valence electrons. The average Bonchev–Trinajstić information content (AvgIpc) is 3.12. The summed E-state index contributed by atoms with van der Waals surface area (Å²) in [6, 6.07) is 7.98. The minimum absolute atomic E-state index is 0. The van der Waals surface area contributed by atoms with Crippen LogP contribution in [-0.4, -0.2) is 34.4 Å². The van der Waals surface area contributed by atoms with Gasteiger partial charge >= 0.3 is 0 Å². The molecular formula is C15H18Cl2N4OS2. The molecule has 24 heavy (non-hydrogen) atoms. The van der Waals surface area contributed by atoms with Crippen LogP contribution in [0.1, 0.15) is 20.5 Å². The van der Waals surface area contributed by atoms with Crippen molar-refractivity contribution in [3.8, 4) is 0 Å². The van der Waals surface area contributed by atoms with Gasteiger partial charge in [-0.25, -0.2) is 9.97 Å². The molecule has 3 aromatic rings. The molecule has 0 unspecified atom stereocenters. The Hall–Kier alpha value is -1.25. The third-order valence-corrected chi connectivity index (χ3v) is 5.12. The first-order valence-electron chi connectivity index (χ1n) is 6.92. The molecule has 0 fully saturated rings. The number of fused-ring (bicyclic) bond motifs is 1. The van der Waals surface area contributed by atoms with Crippen molar-refractivity contribution in [2.75, 3.05) is 13.6 Å². The highest BCUT2D eigenvalue weighted by atomic mass is 35.5. The van der Waals surface area contributed by atoms with Gasteiger partial charge in [-0.2, -0.15) is 0 Å². The third-order valence-electron chi connectivity index (χ3n) is 3.19. The van der Waals surface area contributed by atoms with Crippen molar-refractivity contribution in [1.82, 2.24) is 14.9 Å². The quantitative estimate of drug-likeness (QED) is 0.707. The molecule has 9 heteroatoms. The predicted molar refractivity (Wildman–Crippen MR) is 105 cm³/mol. The molecule has 0 saturated heterocycles. The molecular weight excluding hydrogens is 387 g/mol. The maximum absolute atomic E-state index is 12.4. The zero-order chi connectivity index (χ0) is 15.5. The average molecular weight is 405 g/mol. The van der Waals surface area contributed by atoms with E-state index in [0.29, 0.717) is 25.2 Å². The fourth-order valence-electron chi connectivity index (χ4n) is 2.11. The highest BCUT2D eigenvalue weighted by Crippen LogP contribution is 2.23. The molecule has 0 radical (unpaired) electrons. The number of rotatable bonds is 5. The molecule has 0 atom stereocenters. The van der Waals surface area contributed by atoms with Crippen molar-refractivity contribution < 1.29 is 4.79 Å². The van der Waals surface area contributed by atoms with Crippen LogP contribution in [0.3, 0.4) is 0 Å². The SMILES string of the molecule is CN(Cc1nc2ccccc2s1)C(=O)c1csc(CCN)n1.Cl.Cl. The topological polar surface area (TPSA) is 72.1 Å². The Morgan fingerprint density at radius 2 is 1.96 bits per heavy atom. The first-order chi connectivity index (χ1) is 10.7. The summed E-state index contributed by atoms with van der Waals surface area (Å²) in [5.74, 6) is -0.0845. The lowest BCUT2D eigenvalue weighted by Crippen LogP contribution is -2.26. The second-order valence-electron chi connectivity index (χ2n) is 4.90. The lowest BCUT2D eigenvalue weighted by molar-refractivity contribution is 0.0780. The number of amides is 1. The zero-order valence-corrected chi connectivity index (χ0v) is 16.2. The number of carbonyl (C=O) groups is 1. The molecule has 0 aliphatic carbocycles. The smallest absolute Gasteiger partial charge is 0.273 e. The number of benzene rings is 1. The van der Waals surface area contributed by atoms with Gasteiger partial charge in [0.05, 0.1) is 21.8 Å². The van der Waals surface area contributed by atoms with Crippen LogP contribution in [0.15, 0.2) is 29.6 Å². The van der Waals surface area contributed by atoms with E-state index < -0.39 is 0 Å². The molecule has 1 aromatic carbocycles. The van der Waals surface area contributed by atoms with Crippen LogP contribution in [0, 0.1) is 0 Å². The van der Waals surface area contributed by atoms with E-state index in [1.54, 1.807) is 28.7 Å². The Bertz CT molecular complexity index is 772. The summed E-state index contributed by atoms with van der Waals surface area (Å²) in [7, 11) is 1.77. The van der Waals surface area contributed by atoms with Gasteiger partial charge in [0, 0.05) is 18.8 Å². The van der Waals surface area contributed by atoms with Crippen molar-refractivity contribution in [2.45, 2.75) is 13.0 Å². The van der Waals surface area contributed by atoms with Crippen LogP contribution in [-0.2, 0) is 13.0 Å². The summed E-state index contributed by atoms with van der Waals surface area (Å²) in [6.45, 7) is 1.03. The Balaban J connectivity index is 0.00000144. The van der Waals surface area contributed by atoms with Gasteiger partial charge in [0.25, 0.3) is 5.91 Å². The second-order valence-corrected chi connectivity index (χ2v) is 6.96. The highest BCUT2D eigenvalue weighted by molar-refractivity contribution is 7.18. The van der Waals surface area contributed by atoms with E-state index in [2.05, 4.69) is 9.97 Å². The number of carbonyl (C=O) groups excluding carboxylic acids is 1. The van der Waals surface area contributed by atoms with Gasteiger partial charge in [-0.1, -0.05) is 12.1 Å². The summed E-state index contributed by atoms with van der Waals surface area (Å²) in [5, 5.41) is 3.62. The van der Waals surface area contributed by atoms with Gasteiger partial charge in [0.2, 0.25) is 0 Å². The van der Waals surface area contributed by atoms with Crippen molar-refractivity contribution in [1.29, 1.82) is 0 Å². The number of nitrogens with two attached hydrogens (primary N) is 1. The lowest BCUT2D eigenvalue weighted by atomic mass is 10.3. The Morgan fingerprint density at radius 1 is 1.21 bits per heavy atom. The maximum Gasteiger partial charge on any atom is 0.273 e. The monoisotopic (exact) mass is 404 g/mol. The predicted octanol–water partition coefficient (Wildman–Crippen LogP) is 3.37.